The molecule has 0 aliphatic rings. The molecule has 0 spiro atoms. The smallest absolute Gasteiger partial charge is 0.255 e. The molecule has 0 fully saturated rings. The van der Waals surface area contributed by atoms with E-state index in [1.54, 1.807) is 67.8 Å². The molecule has 3 aromatic rings. The number of hydrogen-bond donors (Lipinski definition) is 2. The van der Waals surface area contributed by atoms with Crippen molar-refractivity contribution < 1.29 is 24.2 Å². The molecule has 0 saturated heterocycles. The zero-order chi connectivity index (χ0) is 21.3. The Bertz CT molecular complexity index is 997. The van der Waals surface area contributed by atoms with Gasteiger partial charge in [-0.25, -0.2) is 0 Å². The third kappa shape index (κ3) is 5.61. The summed E-state index contributed by atoms with van der Waals surface area (Å²) >= 11 is 0. The summed E-state index contributed by atoms with van der Waals surface area (Å²) in [6.07, 6.45) is 0.808. The van der Waals surface area contributed by atoms with Crippen molar-refractivity contribution in [2.75, 3.05) is 13.7 Å². The minimum atomic E-state index is -0.267. The maximum absolute atomic E-state index is 12.6. The van der Waals surface area contributed by atoms with Crippen LogP contribution in [0.3, 0.4) is 0 Å². The molecule has 1 amide bonds. The van der Waals surface area contributed by atoms with Crippen LogP contribution in [0.15, 0.2) is 72.8 Å². The molecule has 0 atom stereocenters. The Morgan fingerprint density at radius 2 is 1.57 bits per heavy atom. The molecule has 0 bridgehead atoms. The SMILES string of the molecule is COc1ccc(Oc2ccccc2C(=O)NCCCC(=O)c2ccc(O)cc2)cc1. The zero-order valence-electron chi connectivity index (χ0n) is 16.6. The van der Waals surface area contributed by atoms with E-state index in [0.29, 0.717) is 42.0 Å². The third-order valence-corrected chi connectivity index (χ3v) is 4.47. The first-order chi connectivity index (χ1) is 14.6. The summed E-state index contributed by atoms with van der Waals surface area (Å²) < 4.78 is 11.0. The van der Waals surface area contributed by atoms with Crippen LogP contribution in [-0.2, 0) is 0 Å². The van der Waals surface area contributed by atoms with Crippen LogP contribution in [0.4, 0.5) is 0 Å². The second kappa shape index (κ2) is 10.1. The summed E-state index contributed by atoms with van der Waals surface area (Å²) in [5, 5.41) is 12.1. The van der Waals surface area contributed by atoms with Gasteiger partial charge in [-0.2, -0.15) is 0 Å². The number of rotatable bonds is 9. The normalized spacial score (nSPS) is 10.3. The lowest BCUT2D eigenvalue weighted by atomic mass is 10.1. The molecule has 3 aromatic carbocycles. The fraction of sp³-hybridized carbons (Fsp3) is 0.167. The van der Waals surface area contributed by atoms with Gasteiger partial charge in [0.25, 0.3) is 5.91 Å². The van der Waals surface area contributed by atoms with E-state index in [2.05, 4.69) is 5.32 Å². The average molecular weight is 405 g/mol. The highest BCUT2D eigenvalue weighted by Crippen LogP contribution is 2.26. The molecule has 0 saturated carbocycles. The molecular formula is C24H23NO5. The highest BCUT2D eigenvalue weighted by molar-refractivity contribution is 5.97. The first kappa shape index (κ1) is 20.9. The summed E-state index contributed by atoms with van der Waals surface area (Å²) in [6.45, 7) is 0.361. The van der Waals surface area contributed by atoms with Crippen molar-refractivity contribution in [1.29, 1.82) is 0 Å². The number of hydrogen-bond acceptors (Lipinski definition) is 5. The molecule has 0 aliphatic carbocycles. The second-order valence-corrected chi connectivity index (χ2v) is 6.60. The maximum atomic E-state index is 12.6. The van der Waals surface area contributed by atoms with E-state index >= 15 is 0 Å². The van der Waals surface area contributed by atoms with Crippen LogP contribution < -0.4 is 14.8 Å². The molecule has 0 aliphatic heterocycles. The van der Waals surface area contributed by atoms with Crippen LogP contribution in [0.5, 0.6) is 23.0 Å². The predicted octanol–water partition coefficient (Wildman–Crippen LogP) is 4.59. The van der Waals surface area contributed by atoms with Crippen LogP contribution >= 0.6 is 0 Å². The number of ketones is 1. The van der Waals surface area contributed by atoms with E-state index in [9.17, 15) is 14.7 Å². The molecule has 6 heteroatoms. The summed E-state index contributed by atoms with van der Waals surface area (Å²) in [6, 6.07) is 20.2. The number of Topliss-reactive ketones (excluding diaryl/α,β-unsaturated/α-hetero) is 1. The molecule has 154 valence electrons. The molecular weight excluding hydrogens is 382 g/mol. The van der Waals surface area contributed by atoms with Gasteiger partial charge in [-0.1, -0.05) is 12.1 Å². The summed E-state index contributed by atoms with van der Waals surface area (Å²) in [7, 11) is 1.59. The van der Waals surface area contributed by atoms with Crippen LogP contribution in [0.2, 0.25) is 0 Å². The van der Waals surface area contributed by atoms with Crippen molar-refractivity contribution in [1.82, 2.24) is 5.32 Å². The number of nitrogens with one attached hydrogen (secondary N) is 1. The van der Waals surface area contributed by atoms with Crippen molar-refractivity contribution in [3.8, 4) is 23.0 Å². The van der Waals surface area contributed by atoms with E-state index in [1.807, 2.05) is 0 Å². The number of phenols is 1. The Hall–Kier alpha value is -3.80. The Morgan fingerprint density at radius 1 is 0.900 bits per heavy atom. The zero-order valence-corrected chi connectivity index (χ0v) is 16.6. The minimum Gasteiger partial charge on any atom is -0.508 e. The number of amides is 1. The van der Waals surface area contributed by atoms with Gasteiger partial charge in [0.05, 0.1) is 12.7 Å². The van der Waals surface area contributed by atoms with E-state index in [0.717, 1.165) is 5.75 Å². The fourth-order valence-electron chi connectivity index (χ4n) is 2.85. The van der Waals surface area contributed by atoms with Crippen LogP contribution in [-0.4, -0.2) is 30.5 Å². The molecule has 30 heavy (non-hydrogen) atoms. The molecule has 0 heterocycles. The number of aromatic hydroxyl groups is 1. The monoisotopic (exact) mass is 405 g/mol. The van der Waals surface area contributed by atoms with Gasteiger partial charge < -0.3 is 19.9 Å². The van der Waals surface area contributed by atoms with E-state index in [4.69, 9.17) is 9.47 Å². The van der Waals surface area contributed by atoms with E-state index in [-0.39, 0.29) is 17.4 Å². The number of ether oxygens (including phenoxy) is 2. The van der Waals surface area contributed by atoms with Gasteiger partial charge in [-0.15, -0.1) is 0 Å². The van der Waals surface area contributed by atoms with Gasteiger partial charge in [-0.3, -0.25) is 9.59 Å². The molecule has 0 aromatic heterocycles. The lowest BCUT2D eigenvalue weighted by molar-refractivity contribution is 0.0936. The Balaban J connectivity index is 1.53. The molecule has 0 unspecified atom stereocenters. The van der Waals surface area contributed by atoms with Crippen molar-refractivity contribution >= 4 is 11.7 Å². The van der Waals surface area contributed by atoms with E-state index in [1.165, 1.54) is 12.1 Å². The Kier molecular flexibility index (Phi) is 7.05. The summed E-state index contributed by atoms with van der Waals surface area (Å²) in [5.41, 5.74) is 0.954. The van der Waals surface area contributed by atoms with Crippen molar-refractivity contribution in [3.63, 3.8) is 0 Å². The highest BCUT2D eigenvalue weighted by atomic mass is 16.5. The van der Waals surface area contributed by atoms with Crippen molar-refractivity contribution in [2.45, 2.75) is 12.8 Å². The first-order valence-electron chi connectivity index (χ1n) is 9.58. The van der Waals surface area contributed by atoms with Gasteiger partial charge >= 0.3 is 0 Å². The van der Waals surface area contributed by atoms with Crippen molar-refractivity contribution in [2.24, 2.45) is 0 Å². The van der Waals surface area contributed by atoms with Crippen LogP contribution in [0.25, 0.3) is 0 Å². The first-order valence-corrected chi connectivity index (χ1v) is 9.58. The largest absolute Gasteiger partial charge is 0.508 e. The highest BCUT2D eigenvalue weighted by Gasteiger charge is 2.13. The fourth-order valence-corrected chi connectivity index (χ4v) is 2.85. The third-order valence-electron chi connectivity index (χ3n) is 4.47. The van der Waals surface area contributed by atoms with E-state index < -0.39 is 0 Å². The molecule has 6 nitrogen and oxygen atoms in total. The number of para-hydroxylation sites is 1. The number of phenolic OH excluding ortho intramolecular Hbond substituents is 1. The minimum absolute atomic E-state index is 0.0347. The summed E-state index contributed by atoms with van der Waals surface area (Å²) in [5.74, 6) is 1.57. The summed E-state index contributed by atoms with van der Waals surface area (Å²) in [4.78, 5) is 24.7. The topological polar surface area (TPSA) is 84.9 Å². The van der Waals surface area contributed by atoms with Gasteiger partial charge in [0.15, 0.2) is 5.78 Å². The quantitative estimate of drug-likeness (QED) is 0.402. The number of benzene rings is 3. The van der Waals surface area contributed by atoms with Gasteiger partial charge in [0, 0.05) is 18.5 Å². The standard InChI is InChI=1S/C24H23NO5/c1-29-19-12-14-20(15-13-19)30-23-7-3-2-5-21(23)24(28)25-16-4-6-22(27)17-8-10-18(26)11-9-17/h2-3,5,7-15,26H,4,6,16H2,1H3,(H,25,28). The predicted molar refractivity (Wildman–Crippen MR) is 114 cm³/mol. The van der Waals surface area contributed by atoms with Gasteiger partial charge in [0.2, 0.25) is 0 Å². The van der Waals surface area contributed by atoms with Gasteiger partial charge in [0.1, 0.15) is 23.0 Å². The van der Waals surface area contributed by atoms with Crippen molar-refractivity contribution in [3.05, 3.63) is 83.9 Å². The lowest BCUT2D eigenvalue weighted by Crippen LogP contribution is -2.25. The van der Waals surface area contributed by atoms with Crippen LogP contribution in [0, 0.1) is 0 Å². The Morgan fingerprint density at radius 3 is 2.27 bits per heavy atom. The average Bonchev–Trinajstić information content (AvgIpc) is 2.78. The van der Waals surface area contributed by atoms with Gasteiger partial charge in [-0.05, 0) is 67.1 Å². The number of methoxy groups -OCH3 is 1. The molecule has 2 N–H and O–H groups in total. The van der Waals surface area contributed by atoms with Crippen LogP contribution in [0.1, 0.15) is 33.6 Å². The number of carbonyl (C=O) groups is 2. The second-order valence-electron chi connectivity index (χ2n) is 6.60. The Labute approximate surface area is 175 Å². The maximum Gasteiger partial charge on any atom is 0.255 e. The lowest BCUT2D eigenvalue weighted by Gasteiger charge is -2.12. The molecule has 0 radical (unpaired) electrons. The number of carbonyl (C=O) groups excluding carboxylic acids is 2. The molecule has 3 rings (SSSR count).